The minimum absolute atomic E-state index is 0.217. The maximum absolute atomic E-state index is 10.9. The third kappa shape index (κ3) is 4.62. The van der Waals surface area contributed by atoms with E-state index in [0.717, 1.165) is 0 Å². The van der Waals surface area contributed by atoms with Crippen LogP contribution in [0.1, 0.15) is 6.92 Å². The Hall–Kier alpha value is -1.76. The molecule has 1 aromatic rings. The Morgan fingerprint density at radius 3 is 2.72 bits per heavy atom. The summed E-state index contributed by atoms with van der Waals surface area (Å²) < 4.78 is 4.96. The third-order valence-electron chi connectivity index (χ3n) is 2.02. The van der Waals surface area contributed by atoms with Crippen molar-refractivity contribution in [1.82, 2.24) is 10.3 Å². The molecule has 98 valence electrons. The van der Waals surface area contributed by atoms with E-state index in [-0.39, 0.29) is 11.7 Å². The molecule has 7 heteroatoms. The first-order valence-corrected chi connectivity index (χ1v) is 6.14. The number of aliphatic carboxylic acids is 1. The van der Waals surface area contributed by atoms with Gasteiger partial charge in [-0.05, 0) is 12.1 Å². The minimum atomic E-state index is -1.06. The normalized spacial score (nSPS) is 11.7. The van der Waals surface area contributed by atoms with Gasteiger partial charge in [-0.3, -0.25) is 4.79 Å². The van der Waals surface area contributed by atoms with Gasteiger partial charge in [0.05, 0.1) is 18.3 Å². The number of carboxylic acid groups (broad SMARTS) is 1. The average molecular weight is 270 g/mol. The molecular weight excluding hydrogens is 256 g/mol. The standard InChI is InChI=1S/C11H14N2O4S/c1-7(14)13-9(11(15)16)6-18-10-4-3-8(17-2)5-12-10/h3-5,9H,6H2,1-2H3,(H,13,14)(H,15,16). The molecule has 1 heterocycles. The second-order valence-corrected chi connectivity index (χ2v) is 4.48. The number of pyridine rings is 1. The van der Waals surface area contributed by atoms with E-state index in [1.54, 1.807) is 25.4 Å². The second-order valence-electron chi connectivity index (χ2n) is 3.44. The van der Waals surface area contributed by atoms with Crippen molar-refractivity contribution in [3.05, 3.63) is 18.3 Å². The molecule has 0 aliphatic heterocycles. The number of rotatable bonds is 6. The van der Waals surface area contributed by atoms with Crippen LogP contribution in [0.15, 0.2) is 23.4 Å². The molecule has 0 bridgehead atoms. The van der Waals surface area contributed by atoms with Crippen LogP contribution in [-0.4, -0.2) is 40.9 Å². The molecule has 0 radical (unpaired) electrons. The molecule has 2 N–H and O–H groups in total. The summed E-state index contributed by atoms with van der Waals surface area (Å²) in [4.78, 5) is 25.8. The lowest BCUT2D eigenvalue weighted by molar-refractivity contribution is -0.140. The van der Waals surface area contributed by atoms with Crippen molar-refractivity contribution >= 4 is 23.6 Å². The molecule has 0 saturated heterocycles. The fraction of sp³-hybridized carbons (Fsp3) is 0.364. The highest BCUT2D eigenvalue weighted by Crippen LogP contribution is 2.18. The summed E-state index contributed by atoms with van der Waals surface area (Å²) in [5.41, 5.74) is 0. The Morgan fingerprint density at radius 2 is 2.28 bits per heavy atom. The molecule has 1 rings (SSSR count). The molecule has 1 unspecified atom stereocenters. The van der Waals surface area contributed by atoms with Gasteiger partial charge in [0.1, 0.15) is 11.8 Å². The van der Waals surface area contributed by atoms with E-state index in [9.17, 15) is 9.59 Å². The number of nitrogens with one attached hydrogen (secondary N) is 1. The topological polar surface area (TPSA) is 88.5 Å². The predicted octanol–water partition coefficient (Wildman–Crippen LogP) is 0.772. The number of aromatic nitrogens is 1. The Morgan fingerprint density at radius 1 is 1.56 bits per heavy atom. The lowest BCUT2D eigenvalue weighted by Gasteiger charge is -2.12. The Labute approximate surface area is 109 Å². The van der Waals surface area contributed by atoms with Crippen molar-refractivity contribution in [1.29, 1.82) is 0 Å². The molecule has 0 spiro atoms. The summed E-state index contributed by atoms with van der Waals surface area (Å²) in [5, 5.41) is 11.9. The van der Waals surface area contributed by atoms with Gasteiger partial charge < -0.3 is 15.2 Å². The van der Waals surface area contributed by atoms with Crippen LogP contribution in [0, 0.1) is 0 Å². The van der Waals surface area contributed by atoms with E-state index in [4.69, 9.17) is 9.84 Å². The smallest absolute Gasteiger partial charge is 0.327 e. The summed E-state index contributed by atoms with van der Waals surface area (Å²) in [6.45, 7) is 1.28. The lowest BCUT2D eigenvalue weighted by Crippen LogP contribution is -2.41. The summed E-state index contributed by atoms with van der Waals surface area (Å²) >= 11 is 1.26. The number of carboxylic acids is 1. The Balaban J connectivity index is 2.55. The summed E-state index contributed by atoms with van der Waals surface area (Å²) in [5.74, 6) is -0.582. The fourth-order valence-electron chi connectivity index (χ4n) is 1.16. The van der Waals surface area contributed by atoms with Gasteiger partial charge in [0.2, 0.25) is 5.91 Å². The van der Waals surface area contributed by atoms with E-state index in [1.807, 2.05) is 0 Å². The molecule has 6 nitrogen and oxygen atoms in total. The average Bonchev–Trinajstić information content (AvgIpc) is 2.34. The number of hydrogen-bond acceptors (Lipinski definition) is 5. The van der Waals surface area contributed by atoms with Crippen LogP contribution in [0.4, 0.5) is 0 Å². The van der Waals surface area contributed by atoms with Crippen LogP contribution in [-0.2, 0) is 9.59 Å². The molecule has 18 heavy (non-hydrogen) atoms. The van der Waals surface area contributed by atoms with Crippen molar-refractivity contribution in [2.24, 2.45) is 0 Å². The first-order chi connectivity index (χ1) is 8.52. The quantitative estimate of drug-likeness (QED) is 0.742. The highest BCUT2D eigenvalue weighted by atomic mass is 32.2. The molecule has 0 fully saturated rings. The minimum Gasteiger partial charge on any atom is -0.495 e. The SMILES string of the molecule is COc1ccc(SCC(NC(C)=O)C(=O)O)nc1. The fourth-order valence-corrected chi connectivity index (χ4v) is 2.02. The van der Waals surface area contributed by atoms with Crippen LogP contribution in [0.25, 0.3) is 0 Å². The molecule has 0 aliphatic rings. The molecule has 0 aliphatic carbocycles. The first kappa shape index (κ1) is 14.3. The van der Waals surface area contributed by atoms with Gasteiger partial charge in [0.15, 0.2) is 0 Å². The molecule has 0 aromatic carbocycles. The van der Waals surface area contributed by atoms with Crippen molar-refractivity contribution in [2.45, 2.75) is 18.0 Å². The Bertz CT molecular complexity index is 422. The van der Waals surface area contributed by atoms with Crippen molar-refractivity contribution in [3.63, 3.8) is 0 Å². The van der Waals surface area contributed by atoms with Crippen LogP contribution >= 0.6 is 11.8 Å². The molecular formula is C11H14N2O4S. The molecule has 0 saturated carbocycles. The van der Waals surface area contributed by atoms with Gasteiger partial charge in [0, 0.05) is 12.7 Å². The van der Waals surface area contributed by atoms with Crippen molar-refractivity contribution in [3.8, 4) is 5.75 Å². The second kappa shape index (κ2) is 6.85. The largest absolute Gasteiger partial charge is 0.495 e. The highest BCUT2D eigenvalue weighted by Gasteiger charge is 2.18. The maximum atomic E-state index is 10.9. The molecule has 1 aromatic heterocycles. The van der Waals surface area contributed by atoms with Gasteiger partial charge in [-0.15, -0.1) is 11.8 Å². The lowest BCUT2D eigenvalue weighted by atomic mass is 10.3. The first-order valence-electron chi connectivity index (χ1n) is 5.15. The van der Waals surface area contributed by atoms with Crippen molar-refractivity contribution < 1.29 is 19.4 Å². The number of hydrogen-bond donors (Lipinski definition) is 2. The van der Waals surface area contributed by atoms with E-state index >= 15 is 0 Å². The van der Waals surface area contributed by atoms with E-state index < -0.39 is 12.0 Å². The molecule has 1 amide bonds. The van der Waals surface area contributed by atoms with Gasteiger partial charge in [-0.1, -0.05) is 0 Å². The number of ether oxygens (including phenoxy) is 1. The zero-order valence-corrected chi connectivity index (χ0v) is 10.9. The zero-order chi connectivity index (χ0) is 13.5. The molecule has 1 atom stereocenters. The summed E-state index contributed by atoms with van der Waals surface area (Å²) in [6.07, 6.45) is 1.55. The number of methoxy groups -OCH3 is 1. The predicted molar refractivity (Wildman–Crippen MR) is 66.8 cm³/mol. The number of carbonyl (C=O) groups excluding carboxylic acids is 1. The van der Waals surface area contributed by atoms with Gasteiger partial charge in [0.25, 0.3) is 0 Å². The summed E-state index contributed by atoms with van der Waals surface area (Å²) in [6, 6.07) is 2.55. The highest BCUT2D eigenvalue weighted by molar-refractivity contribution is 7.99. The van der Waals surface area contributed by atoms with Gasteiger partial charge in [-0.25, -0.2) is 9.78 Å². The maximum Gasteiger partial charge on any atom is 0.327 e. The number of thioether (sulfide) groups is 1. The number of amides is 1. The zero-order valence-electron chi connectivity index (χ0n) is 10.0. The Kier molecular flexibility index (Phi) is 5.44. The van der Waals surface area contributed by atoms with E-state index in [2.05, 4.69) is 10.3 Å². The monoisotopic (exact) mass is 270 g/mol. The number of carbonyl (C=O) groups is 2. The van der Waals surface area contributed by atoms with E-state index in [0.29, 0.717) is 10.8 Å². The van der Waals surface area contributed by atoms with E-state index in [1.165, 1.54) is 18.7 Å². The third-order valence-corrected chi connectivity index (χ3v) is 3.06. The van der Waals surface area contributed by atoms with Crippen LogP contribution < -0.4 is 10.1 Å². The van der Waals surface area contributed by atoms with Crippen molar-refractivity contribution in [2.75, 3.05) is 12.9 Å². The number of nitrogens with zero attached hydrogens (tertiary/aromatic N) is 1. The van der Waals surface area contributed by atoms with Crippen LogP contribution in [0.3, 0.4) is 0 Å². The van der Waals surface area contributed by atoms with Gasteiger partial charge in [-0.2, -0.15) is 0 Å². The van der Waals surface area contributed by atoms with Crippen LogP contribution in [0.5, 0.6) is 5.75 Å². The van der Waals surface area contributed by atoms with Crippen LogP contribution in [0.2, 0.25) is 0 Å². The van der Waals surface area contributed by atoms with Gasteiger partial charge >= 0.3 is 5.97 Å². The summed E-state index contributed by atoms with van der Waals surface area (Å²) in [7, 11) is 1.54.